The smallest absolute Gasteiger partial charge is 0.432 e. The van der Waals surface area contributed by atoms with E-state index in [9.17, 15) is 28.8 Å². The second-order valence-electron chi connectivity index (χ2n) is 15.4. The molecular weight excluding hydrogens is 606 g/mol. The number of nitrogens with zero attached hydrogens (tertiary/aromatic N) is 1. The number of Topliss-reactive ketones (excluding diaryl/α,β-unsaturated/α-hetero) is 1. The van der Waals surface area contributed by atoms with E-state index in [0.717, 1.165) is 44.9 Å². The summed E-state index contributed by atoms with van der Waals surface area (Å²) in [5, 5.41) is 8.57. The van der Waals surface area contributed by atoms with E-state index >= 15 is 0 Å². The van der Waals surface area contributed by atoms with Crippen LogP contribution in [0.1, 0.15) is 106 Å². The molecule has 0 aromatic carbocycles. The van der Waals surface area contributed by atoms with Gasteiger partial charge < -0.3 is 36.1 Å². The molecule has 0 radical (unpaired) electrons. The molecule has 47 heavy (non-hydrogen) atoms. The number of primary amides is 1. The Morgan fingerprint density at radius 2 is 1.51 bits per heavy atom. The highest BCUT2D eigenvalue weighted by atomic mass is 16.7. The Bertz CT molecular complexity index is 1140. The molecule has 2 saturated carbocycles. The molecule has 3 rings (SSSR count). The average molecular weight is 664 g/mol. The molecule has 1 heterocycles. The number of rotatable bonds is 14. The Hall–Kier alpha value is -3.38. The number of ketones is 1. The van der Waals surface area contributed by atoms with Crippen LogP contribution in [0.5, 0.6) is 0 Å². The third-order valence-corrected chi connectivity index (χ3v) is 9.92. The van der Waals surface area contributed by atoms with Gasteiger partial charge in [0, 0.05) is 6.54 Å². The van der Waals surface area contributed by atoms with Crippen LogP contribution in [0.15, 0.2) is 0 Å². The van der Waals surface area contributed by atoms with Gasteiger partial charge in [-0.1, -0.05) is 66.7 Å². The highest BCUT2D eigenvalue weighted by Gasteiger charge is 2.46. The molecule has 13 heteroatoms. The SMILES string of the molecule is CC(C)OC(=O)OC[C@@H](NC(=O)NC(C(=O)N1C[C@H](C(C)C)CC1C(=O)NC(CC1CCC1)C(=O)C(N)=O)C(C)(C)C)C1CCCC1. The topological polar surface area (TPSA) is 186 Å². The van der Waals surface area contributed by atoms with Crippen molar-refractivity contribution in [2.75, 3.05) is 13.2 Å². The van der Waals surface area contributed by atoms with Gasteiger partial charge in [0.2, 0.25) is 17.6 Å². The highest BCUT2D eigenvalue weighted by molar-refractivity contribution is 6.37. The van der Waals surface area contributed by atoms with E-state index in [1.54, 1.807) is 13.8 Å². The first kappa shape index (κ1) is 38.1. The quantitative estimate of drug-likeness (QED) is 0.161. The number of hydrogen-bond acceptors (Lipinski definition) is 8. The Kier molecular flexibility index (Phi) is 13.5. The predicted molar refractivity (Wildman–Crippen MR) is 175 cm³/mol. The van der Waals surface area contributed by atoms with Crippen LogP contribution in [0.2, 0.25) is 0 Å². The maximum Gasteiger partial charge on any atom is 0.508 e. The zero-order valence-corrected chi connectivity index (χ0v) is 29.3. The second-order valence-corrected chi connectivity index (χ2v) is 15.4. The highest BCUT2D eigenvalue weighted by Crippen LogP contribution is 2.34. The van der Waals surface area contributed by atoms with Crippen molar-refractivity contribution in [2.45, 2.75) is 137 Å². The molecule has 0 aromatic heterocycles. The fourth-order valence-corrected chi connectivity index (χ4v) is 6.77. The normalized spacial score (nSPS) is 22.3. The maximum atomic E-state index is 14.3. The van der Waals surface area contributed by atoms with Crippen molar-refractivity contribution in [3.05, 3.63) is 0 Å². The van der Waals surface area contributed by atoms with Crippen LogP contribution in [0.25, 0.3) is 0 Å². The summed E-state index contributed by atoms with van der Waals surface area (Å²) in [6, 6.07) is -3.99. The number of urea groups is 1. The van der Waals surface area contributed by atoms with Crippen LogP contribution in [0, 0.1) is 29.1 Å². The fourth-order valence-electron chi connectivity index (χ4n) is 6.77. The first-order valence-electron chi connectivity index (χ1n) is 17.3. The number of carbonyl (C=O) groups excluding carboxylic acids is 6. The van der Waals surface area contributed by atoms with Crippen molar-refractivity contribution in [3.8, 4) is 0 Å². The molecule has 1 aliphatic heterocycles. The molecule has 266 valence electrons. The van der Waals surface area contributed by atoms with Crippen LogP contribution in [0.4, 0.5) is 9.59 Å². The van der Waals surface area contributed by atoms with Gasteiger partial charge in [-0.3, -0.25) is 19.2 Å². The molecule has 0 spiro atoms. The summed E-state index contributed by atoms with van der Waals surface area (Å²) < 4.78 is 10.4. The Morgan fingerprint density at radius 3 is 2.02 bits per heavy atom. The van der Waals surface area contributed by atoms with Crippen LogP contribution in [-0.2, 0) is 28.7 Å². The van der Waals surface area contributed by atoms with E-state index in [0.29, 0.717) is 19.4 Å². The van der Waals surface area contributed by atoms with Gasteiger partial charge in [0.1, 0.15) is 18.7 Å². The molecule has 5 N–H and O–H groups in total. The van der Waals surface area contributed by atoms with E-state index in [2.05, 4.69) is 16.0 Å². The Labute approximate surface area is 279 Å². The minimum absolute atomic E-state index is 0.00978. The molecule has 3 fully saturated rings. The van der Waals surface area contributed by atoms with Crippen molar-refractivity contribution in [1.29, 1.82) is 0 Å². The van der Waals surface area contributed by atoms with Gasteiger partial charge in [0.25, 0.3) is 5.91 Å². The van der Waals surface area contributed by atoms with Crippen LogP contribution in [-0.4, -0.2) is 84.0 Å². The third-order valence-electron chi connectivity index (χ3n) is 9.92. The second kappa shape index (κ2) is 16.6. The first-order chi connectivity index (χ1) is 22.0. The van der Waals surface area contributed by atoms with Gasteiger partial charge in [0.05, 0.1) is 18.2 Å². The van der Waals surface area contributed by atoms with Gasteiger partial charge in [-0.15, -0.1) is 0 Å². The number of carbonyl (C=O) groups is 6. The molecule has 2 aliphatic carbocycles. The predicted octanol–water partition coefficient (Wildman–Crippen LogP) is 3.42. The van der Waals surface area contributed by atoms with Gasteiger partial charge in [0.15, 0.2) is 0 Å². The van der Waals surface area contributed by atoms with Crippen LogP contribution >= 0.6 is 0 Å². The van der Waals surface area contributed by atoms with Crippen molar-refractivity contribution >= 4 is 35.7 Å². The van der Waals surface area contributed by atoms with Crippen molar-refractivity contribution in [2.24, 2.45) is 34.8 Å². The number of hydrogen-bond donors (Lipinski definition) is 4. The average Bonchev–Trinajstić information content (AvgIpc) is 3.64. The lowest BCUT2D eigenvalue weighted by Crippen LogP contribution is -2.61. The molecule has 13 nitrogen and oxygen atoms in total. The summed E-state index contributed by atoms with van der Waals surface area (Å²) >= 11 is 0. The fraction of sp³-hybridized carbons (Fsp3) is 0.824. The number of amides is 5. The minimum Gasteiger partial charge on any atom is -0.432 e. The summed E-state index contributed by atoms with van der Waals surface area (Å²) in [7, 11) is 0. The molecule has 0 aromatic rings. The number of likely N-dealkylation sites (tertiary alicyclic amines) is 1. The van der Waals surface area contributed by atoms with Gasteiger partial charge in [-0.2, -0.15) is 0 Å². The molecule has 3 unspecified atom stereocenters. The summed E-state index contributed by atoms with van der Waals surface area (Å²) in [6.07, 6.45) is 6.18. The van der Waals surface area contributed by atoms with E-state index in [4.69, 9.17) is 15.2 Å². The lowest BCUT2D eigenvalue weighted by Gasteiger charge is -2.36. The summed E-state index contributed by atoms with van der Waals surface area (Å²) in [5.74, 6) is -2.37. The number of nitrogens with one attached hydrogen (secondary N) is 3. The van der Waals surface area contributed by atoms with Crippen LogP contribution in [0.3, 0.4) is 0 Å². The molecule has 5 atom stereocenters. The van der Waals surface area contributed by atoms with Crippen molar-refractivity contribution < 1.29 is 38.2 Å². The van der Waals surface area contributed by atoms with Gasteiger partial charge >= 0.3 is 12.2 Å². The largest absolute Gasteiger partial charge is 0.508 e. The van der Waals surface area contributed by atoms with E-state index in [1.165, 1.54) is 4.90 Å². The molecule has 5 amide bonds. The van der Waals surface area contributed by atoms with Crippen molar-refractivity contribution in [1.82, 2.24) is 20.9 Å². The maximum absolute atomic E-state index is 14.3. The number of nitrogens with two attached hydrogens (primary N) is 1. The monoisotopic (exact) mass is 663 g/mol. The van der Waals surface area contributed by atoms with Gasteiger partial charge in [-0.05, 0) is 68.6 Å². The summed E-state index contributed by atoms with van der Waals surface area (Å²) in [4.78, 5) is 79.6. The summed E-state index contributed by atoms with van der Waals surface area (Å²) in [6.45, 7) is 13.2. The third kappa shape index (κ3) is 10.8. The molecule has 0 bridgehead atoms. The van der Waals surface area contributed by atoms with E-state index in [1.807, 2.05) is 34.6 Å². The lowest BCUT2D eigenvalue weighted by molar-refractivity contribution is -0.143. The van der Waals surface area contributed by atoms with E-state index < -0.39 is 65.3 Å². The van der Waals surface area contributed by atoms with Crippen LogP contribution < -0.4 is 21.7 Å². The minimum atomic E-state index is -1.10. The molecule has 1 saturated heterocycles. The lowest BCUT2D eigenvalue weighted by atomic mass is 9.80. The van der Waals surface area contributed by atoms with Crippen molar-refractivity contribution in [3.63, 3.8) is 0 Å². The van der Waals surface area contributed by atoms with E-state index in [-0.39, 0.29) is 36.4 Å². The Morgan fingerprint density at radius 1 is 0.872 bits per heavy atom. The zero-order valence-electron chi connectivity index (χ0n) is 29.3. The standard InChI is InChI=1S/C34H57N5O8/c1-19(2)23-16-26(30(42)36-24(27(40)29(35)41)15-21-11-10-12-21)39(17-23)31(43)28(34(5,6)7)38-32(44)37-25(22-13-8-9-14-22)18-46-33(45)47-20(3)4/h19-26,28H,8-18H2,1-7H3,(H2,35,41)(H,36,42)(H2,37,38,44)/t23-,24?,25-,26?,28?/m1/s1. The molecular formula is C34H57N5O8. The first-order valence-corrected chi connectivity index (χ1v) is 17.3. The van der Waals surface area contributed by atoms with Gasteiger partial charge in [-0.25, -0.2) is 9.59 Å². The summed E-state index contributed by atoms with van der Waals surface area (Å²) in [5.41, 5.74) is 4.58. The zero-order chi connectivity index (χ0) is 35.1. The molecule has 3 aliphatic rings. The number of ether oxygens (including phenoxy) is 2. The Balaban J connectivity index is 1.77.